The SMILES string of the molecule is COc1ccc(CN(C)C(=O)C2CCN(S(=O)(=O)c3ccc(C)cc3)CC2)cc1. The number of sulfonamides is 1. The molecule has 1 saturated heterocycles. The lowest BCUT2D eigenvalue weighted by atomic mass is 9.96. The van der Waals surface area contributed by atoms with E-state index >= 15 is 0 Å². The zero-order chi connectivity index (χ0) is 21.0. The van der Waals surface area contributed by atoms with E-state index in [1.165, 1.54) is 4.31 Å². The predicted octanol–water partition coefficient (Wildman–Crippen LogP) is 3.06. The summed E-state index contributed by atoms with van der Waals surface area (Å²) in [5.74, 6) is 0.695. The zero-order valence-electron chi connectivity index (χ0n) is 17.2. The molecule has 0 N–H and O–H groups in total. The van der Waals surface area contributed by atoms with E-state index in [4.69, 9.17) is 4.74 Å². The molecule has 0 aliphatic carbocycles. The summed E-state index contributed by atoms with van der Waals surface area (Å²) >= 11 is 0. The highest BCUT2D eigenvalue weighted by atomic mass is 32.2. The molecule has 1 amide bonds. The molecule has 0 unspecified atom stereocenters. The van der Waals surface area contributed by atoms with Crippen LogP contribution in [0.2, 0.25) is 0 Å². The highest BCUT2D eigenvalue weighted by Crippen LogP contribution is 2.25. The molecule has 2 aromatic rings. The molecule has 1 fully saturated rings. The summed E-state index contributed by atoms with van der Waals surface area (Å²) < 4.78 is 32.3. The van der Waals surface area contributed by atoms with Crippen LogP contribution in [0.1, 0.15) is 24.0 Å². The van der Waals surface area contributed by atoms with E-state index < -0.39 is 10.0 Å². The van der Waals surface area contributed by atoms with Crippen molar-refractivity contribution in [2.45, 2.75) is 31.2 Å². The number of carbonyl (C=O) groups is 1. The van der Waals surface area contributed by atoms with Crippen molar-refractivity contribution in [3.8, 4) is 5.75 Å². The second-order valence-electron chi connectivity index (χ2n) is 7.53. The summed E-state index contributed by atoms with van der Waals surface area (Å²) in [6.45, 7) is 3.17. The molecule has 0 spiro atoms. The Balaban J connectivity index is 1.57. The molecule has 0 saturated carbocycles. The van der Waals surface area contributed by atoms with Gasteiger partial charge in [0.2, 0.25) is 15.9 Å². The van der Waals surface area contributed by atoms with Crippen LogP contribution in [0.4, 0.5) is 0 Å². The number of nitrogens with zero attached hydrogens (tertiary/aromatic N) is 2. The number of carbonyl (C=O) groups excluding carboxylic acids is 1. The molecule has 6 nitrogen and oxygen atoms in total. The Bertz CT molecular complexity index is 932. The largest absolute Gasteiger partial charge is 0.497 e. The van der Waals surface area contributed by atoms with Crippen LogP contribution in [-0.4, -0.2) is 50.8 Å². The Morgan fingerprint density at radius 2 is 1.66 bits per heavy atom. The van der Waals surface area contributed by atoms with Crippen LogP contribution >= 0.6 is 0 Å². The van der Waals surface area contributed by atoms with Gasteiger partial charge in [0.25, 0.3) is 0 Å². The van der Waals surface area contributed by atoms with Crippen molar-refractivity contribution in [3.63, 3.8) is 0 Å². The topological polar surface area (TPSA) is 66.9 Å². The molecule has 7 heteroatoms. The minimum Gasteiger partial charge on any atom is -0.497 e. The van der Waals surface area contributed by atoms with Gasteiger partial charge >= 0.3 is 0 Å². The quantitative estimate of drug-likeness (QED) is 0.726. The molecule has 0 radical (unpaired) electrons. The maximum atomic E-state index is 12.8. The summed E-state index contributed by atoms with van der Waals surface area (Å²) in [6, 6.07) is 14.5. The monoisotopic (exact) mass is 416 g/mol. The number of rotatable bonds is 6. The van der Waals surface area contributed by atoms with E-state index in [0.29, 0.717) is 37.4 Å². The van der Waals surface area contributed by atoms with Gasteiger partial charge in [-0.25, -0.2) is 8.42 Å². The minimum absolute atomic E-state index is 0.0631. The third-order valence-electron chi connectivity index (χ3n) is 5.42. The average Bonchev–Trinajstić information content (AvgIpc) is 2.74. The van der Waals surface area contributed by atoms with E-state index in [1.807, 2.05) is 31.2 Å². The van der Waals surface area contributed by atoms with Crippen LogP contribution in [0.25, 0.3) is 0 Å². The van der Waals surface area contributed by atoms with Gasteiger partial charge in [0, 0.05) is 32.6 Å². The first-order chi connectivity index (χ1) is 13.8. The summed E-state index contributed by atoms with van der Waals surface area (Å²) in [7, 11) is -0.0921. The van der Waals surface area contributed by atoms with Crippen LogP contribution in [0.15, 0.2) is 53.4 Å². The van der Waals surface area contributed by atoms with Crippen LogP contribution in [-0.2, 0) is 21.4 Å². The first-order valence-corrected chi connectivity index (χ1v) is 11.2. The molecular weight excluding hydrogens is 388 g/mol. The first-order valence-electron chi connectivity index (χ1n) is 9.76. The number of hydrogen-bond donors (Lipinski definition) is 0. The number of aryl methyl sites for hydroxylation is 1. The molecule has 0 bridgehead atoms. The number of hydrogen-bond acceptors (Lipinski definition) is 4. The van der Waals surface area contributed by atoms with Gasteiger partial charge in [-0.15, -0.1) is 0 Å². The van der Waals surface area contributed by atoms with Crippen LogP contribution in [0.3, 0.4) is 0 Å². The zero-order valence-corrected chi connectivity index (χ0v) is 18.0. The molecule has 1 aliphatic heterocycles. The minimum atomic E-state index is -3.51. The highest BCUT2D eigenvalue weighted by Gasteiger charge is 2.33. The second-order valence-corrected chi connectivity index (χ2v) is 9.47. The van der Waals surface area contributed by atoms with Crippen molar-refractivity contribution in [2.24, 2.45) is 5.92 Å². The lowest BCUT2D eigenvalue weighted by Gasteiger charge is -2.32. The van der Waals surface area contributed by atoms with Crippen molar-refractivity contribution >= 4 is 15.9 Å². The number of methoxy groups -OCH3 is 1. The van der Waals surface area contributed by atoms with Crippen molar-refractivity contribution in [3.05, 3.63) is 59.7 Å². The molecule has 3 rings (SSSR count). The molecule has 2 aromatic carbocycles. The standard InChI is InChI=1S/C22H28N2O4S/c1-17-4-10-21(11-5-17)29(26,27)24-14-12-19(13-15-24)22(25)23(2)16-18-6-8-20(28-3)9-7-18/h4-11,19H,12-16H2,1-3H3. The third kappa shape index (κ3) is 4.97. The van der Waals surface area contributed by atoms with Gasteiger partial charge < -0.3 is 9.64 Å². The second kappa shape index (κ2) is 8.97. The van der Waals surface area contributed by atoms with E-state index in [2.05, 4.69) is 0 Å². The van der Waals surface area contributed by atoms with Gasteiger partial charge in [-0.05, 0) is 49.6 Å². The Morgan fingerprint density at radius 3 is 2.21 bits per heavy atom. The third-order valence-corrected chi connectivity index (χ3v) is 7.33. The summed E-state index contributed by atoms with van der Waals surface area (Å²) in [4.78, 5) is 14.9. The Morgan fingerprint density at radius 1 is 1.07 bits per heavy atom. The average molecular weight is 417 g/mol. The molecule has 0 atom stereocenters. The summed E-state index contributed by atoms with van der Waals surface area (Å²) in [5, 5.41) is 0. The smallest absolute Gasteiger partial charge is 0.243 e. The lowest BCUT2D eigenvalue weighted by molar-refractivity contribution is -0.135. The van der Waals surface area contributed by atoms with Gasteiger partial charge in [-0.3, -0.25) is 4.79 Å². The first kappa shape index (κ1) is 21.3. The van der Waals surface area contributed by atoms with Crippen molar-refractivity contribution in [1.29, 1.82) is 0 Å². The maximum absolute atomic E-state index is 12.8. The lowest BCUT2D eigenvalue weighted by Crippen LogP contribution is -2.43. The fraction of sp³-hybridized carbons (Fsp3) is 0.409. The fourth-order valence-corrected chi connectivity index (χ4v) is 5.07. The molecular formula is C22H28N2O4S. The fourth-order valence-electron chi connectivity index (χ4n) is 3.60. The highest BCUT2D eigenvalue weighted by molar-refractivity contribution is 7.89. The van der Waals surface area contributed by atoms with Gasteiger partial charge in [0.15, 0.2) is 0 Å². The molecule has 1 aliphatic rings. The van der Waals surface area contributed by atoms with Gasteiger partial charge in [-0.2, -0.15) is 4.31 Å². The van der Waals surface area contributed by atoms with Crippen molar-refractivity contribution < 1.29 is 17.9 Å². The van der Waals surface area contributed by atoms with E-state index in [0.717, 1.165) is 16.9 Å². The normalized spacial score (nSPS) is 15.8. The van der Waals surface area contributed by atoms with Crippen LogP contribution < -0.4 is 4.74 Å². The van der Waals surface area contributed by atoms with E-state index in [9.17, 15) is 13.2 Å². The summed E-state index contributed by atoms with van der Waals surface area (Å²) in [6.07, 6.45) is 1.08. The molecule has 29 heavy (non-hydrogen) atoms. The molecule has 0 aromatic heterocycles. The van der Waals surface area contributed by atoms with Crippen molar-refractivity contribution in [2.75, 3.05) is 27.2 Å². The summed E-state index contributed by atoms with van der Waals surface area (Å²) in [5.41, 5.74) is 2.05. The molecule has 1 heterocycles. The number of benzene rings is 2. The van der Waals surface area contributed by atoms with Crippen molar-refractivity contribution in [1.82, 2.24) is 9.21 Å². The number of amides is 1. The Labute approximate surface area is 173 Å². The molecule has 156 valence electrons. The maximum Gasteiger partial charge on any atom is 0.243 e. The van der Waals surface area contributed by atoms with Gasteiger partial charge in [0.1, 0.15) is 5.75 Å². The van der Waals surface area contributed by atoms with Crippen LogP contribution in [0.5, 0.6) is 5.75 Å². The number of piperidine rings is 1. The Hall–Kier alpha value is -2.38. The van der Waals surface area contributed by atoms with E-state index in [1.54, 1.807) is 43.3 Å². The predicted molar refractivity (Wildman–Crippen MR) is 112 cm³/mol. The van der Waals surface area contributed by atoms with E-state index in [-0.39, 0.29) is 11.8 Å². The van der Waals surface area contributed by atoms with Gasteiger partial charge in [0.05, 0.1) is 12.0 Å². The van der Waals surface area contributed by atoms with Crippen LogP contribution in [0, 0.1) is 12.8 Å². The van der Waals surface area contributed by atoms with Gasteiger partial charge in [-0.1, -0.05) is 29.8 Å². The number of ether oxygens (including phenoxy) is 1. The Kier molecular flexibility index (Phi) is 6.59.